The third-order valence-electron chi connectivity index (χ3n) is 7.46. The largest absolute Gasteiger partial charge is 0.351 e. The van der Waals surface area contributed by atoms with Gasteiger partial charge >= 0.3 is 0 Å². The molecule has 5 aromatic heterocycles. The Kier molecular flexibility index (Phi) is 8.30. The van der Waals surface area contributed by atoms with Gasteiger partial charge in [0, 0.05) is 54.9 Å². The van der Waals surface area contributed by atoms with E-state index in [9.17, 15) is 30.4 Å². The van der Waals surface area contributed by atoms with Crippen molar-refractivity contribution in [2.75, 3.05) is 24.7 Å². The number of hydrogen-bond acceptors (Lipinski definition) is 12. The van der Waals surface area contributed by atoms with Gasteiger partial charge in [0.05, 0.1) is 24.1 Å². The summed E-state index contributed by atoms with van der Waals surface area (Å²) in [6.07, 6.45) is 6.69. The SMILES string of the molecule is CS(=O)(=O)N1CCC(Nc2ncc3cc(C(F)F)c(=O)n(Cc4ccc(-c5cncc(S(=O)(=O)n6cncn6)c5)nc4)c3n2)CC1. The lowest BCUT2D eigenvalue weighted by Crippen LogP contribution is -2.42. The van der Waals surface area contributed by atoms with Crippen LogP contribution in [0.1, 0.15) is 30.4 Å². The first-order valence-corrected chi connectivity index (χ1v) is 17.1. The van der Waals surface area contributed by atoms with Crippen molar-refractivity contribution in [3.8, 4) is 11.3 Å². The van der Waals surface area contributed by atoms with Gasteiger partial charge in [-0.1, -0.05) is 6.07 Å². The molecule has 0 atom stereocenters. The Bertz CT molecular complexity index is 2170. The summed E-state index contributed by atoms with van der Waals surface area (Å²) < 4.78 is 80.2. The summed E-state index contributed by atoms with van der Waals surface area (Å²) in [5, 5.41) is 7.07. The number of aromatic nitrogens is 8. The van der Waals surface area contributed by atoms with Crippen molar-refractivity contribution in [1.82, 2.24) is 43.0 Å². The van der Waals surface area contributed by atoms with Crippen molar-refractivity contribution < 1.29 is 25.6 Å². The molecule has 0 bridgehead atoms. The average Bonchev–Trinajstić information content (AvgIpc) is 3.59. The number of fused-ring (bicyclic) bond motifs is 1. The molecule has 1 fully saturated rings. The lowest BCUT2D eigenvalue weighted by Gasteiger charge is -2.30. The Morgan fingerprint density at radius 3 is 2.43 bits per heavy atom. The van der Waals surface area contributed by atoms with Gasteiger partial charge in [-0.05, 0) is 36.6 Å². The number of pyridine rings is 3. The van der Waals surface area contributed by atoms with Crippen LogP contribution < -0.4 is 10.9 Å². The molecule has 0 spiro atoms. The van der Waals surface area contributed by atoms with Crippen LogP contribution in [0, 0.1) is 0 Å². The predicted octanol–water partition coefficient (Wildman–Crippen LogP) is 1.90. The fraction of sp³-hybridized carbons (Fsp3) is 0.296. The molecule has 240 valence electrons. The van der Waals surface area contributed by atoms with Crippen LogP contribution in [0.2, 0.25) is 0 Å². The number of nitrogens with zero attached hydrogens (tertiary/aromatic N) is 9. The minimum Gasteiger partial charge on any atom is -0.351 e. The molecular weight excluding hydrogens is 646 g/mol. The van der Waals surface area contributed by atoms with Crippen molar-refractivity contribution in [2.45, 2.75) is 36.7 Å². The number of piperidine rings is 1. The zero-order chi connectivity index (χ0) is 32.6. The van der Waals surface area contributed by atoms with Gasteiger partial charge in [-0.2, -0.15) is 13.4 Å². The molecule has 15 nitrogen and oxygen atoms in total. The van der Waals surface area contributed by atoms with E-state index in [0.717, 1.165) is 29.5 Å². The second kappa shape index (κ2) is 12.2. The van der Waals surface area contributed by atoms with Crippen molar-refractivity contribution in [3.63, 3.8) is 0 Å². The molecule has 6 rings (SSSR count). The van der Waals surface area contributed by atoms with E-state index in [1.165, 1.54) is 35.2 Å². The van der Waals surface area contributed by atoms with Crippen LogP contribution in [0.15, 0.2) is 71.4 Å². The van der Waals surface area contributed by atoms with E-state index < -0.39 is 37.6 Å². The highest BCUT2D eigenvalue weighted by Crippen LogP contribution is 2.24. The summed E-state index contributed by atoms with van der Waals surface area (Å²) in [6, 6.07) is 5.54. The third kappa shape index (κ3) is 6.33. The highest BCUT2D eigenvalue weighted by molar-refractivity contribution is 7.89. The first kappa shape index (κ1) is 31.2. The molecule has 6 heterocycles. The number of alkyl halides is 2. The number of rotatable bonds is 9. The standard InChI is InChI=1S/C27H26F2N10O5S2/c1-45(41,42)37-6-4-20(5-7-37)35-27-33-12-19-9-22(24(28)29)26(40)38(25(19)36-27)14-17-2-3-23(32-10-17)18-8-21(13-30-11-18)46(43,44)39-16-31-15-34-39/h2-3,8-13,15-16,20,24H,4-7,14H2,1H3,(H,33,35,36). The van der Waals surface area contributed by atoms with Crippen LogP contribution in [0.3, 0.4) is 0 Å². The van der Waals surface area contributed by atoms with E-state index in [1.807, 2.05) is 0 Å². The van der Waals surface area contributed by atoms with Crippen molar-refractivity contribution in [1.29, 1.82) is 0 Å². The Hall–Kier alpha value is -4.75. The molecule has 5 aromatic rings. The van der Waals surface area contributed by atoms with Gasteiger partial charge < -0.3 is 5.32 Å². The van der Waals surface area contributed by atoms with E-state index in [1.54, 1.807) is 12.1 Å². The summed E-state index contributed by atoms with van der Waals surface area (Å²) in [4.78, 5) is 33.9. The monoisotopic (exact) mass is 672 g/mol. The molecule has 0 radical (unpaired) electrons. The smallest absolute Gasteiger partial charge is 0.285 e. The summed E-state index contributed by atoms with van der Waals surface area (Å²) in [5.41, 5.74) is -0.250. The summed E-state index contributed by atoms with van der Waals surface area (Å²) in [5.74, 6) is 0.171. The zero-order valence-corrected chi connectivity index (χ0v) is 25.7. The quantitative estimate of drug-likeness (QED) is 0.240. The average molecular weight is 673 g/mol. The van der Waals surface area contributed by atoms with E-state index in [2.05, 4.69) is 35.3 Å². The van der Waals surface area contributed by atoms with E-state index in [4.69, 9.17) is 0 Å². The maximum absolute atomic E-state index is 13.8. The molecule has 0 saturated carbocycles. The van der Waals surface area contributed by atoms with Gasteiger partial charge in [0.25, 0.3) is 22.0 Å². The van der Waals surface area contributed by atoms with Crippen molar-refractivity contribution >= 4 is 37.0 Å². The predicted molar refractivity (Wildman–Crippen MR) is 161 cm³/mol. The van der Waals surface area contributed by atoms with Gasteiger partial charge in [-0.3, -0.25) is 19.3 Å². The molecule has 46 heavy (non-hydrogen) atoms. The minimum absolute atomic E-state index is 0.125. The summed E-state index contributed by atoms with van der Waals surface area (Å²) in [6.45, 7) is 0.506. The van der Waals surface area contributed by atoms with Gasteiger partial charge in [-0.25, -0.2) is 31.5 Å². The molecule has 0 unspecified atom stereocenters. The van der Waals surface area contributed by atoms with Crippen LogP contribution >= 0.6 is 0 Å². The maximum atomic E-state index is 13.8. The summed E-state index contributed by atoms with van der Waals surface area (Å²) in [7, 11) is -7.32. The first-order valence-electron chi connectivity index (χ1n) is 13.8. The van der Waals surface area contributed by atoms with E-state index in [0.29, 0.717) is 46.8 Å². The second-order valence-electron chi connectivity index (χ2n) is 10.6. The number of sulfonamides is 1. The summed E-state index contributed by atoms with van der Waals surface area (Å²) >= 11 is 0. The molecule has 0 amide bonds. The number of hydrogen-bond donors (Lipinski definition) is 1. The van der Waals surface area contributed by atoms with Crippen molar-refractivity contribution in [3.05, 3.63) is 83.2 Å². The maximum Gasteiger partial charge on any atom is 0.285 e. The van der Waals surface area contributed by atoms with E-state index in [-0.39, 0.29) is 34.5 Å². The lowest BCUT2D eigenvalue weighted by molar-refractivity contribution is 0.149. The van der Waals surface area contributed by atoms with Gasteiger partial charge in [0.1, 0.15) is 23.2 Å². The van der Waals surface area contributed by atoms with E-state index >= 15 is 0 Å². The van der Waals surface area contributed by atoms with Crippen LogP contribution in [0.5, 0.6) is 0 Å². The topological polar surface area (TPSA) is 188 Å². The molecule has 0 aromatic carbocycles. The van der Waals surface area contributed by atoms with Crippen LogP contribution in [-0.2, 0) is 26.6 Å². The Balaban J connectivity index is 1.28. The van der Waals surface area contributed by atoms with Crippen LogP contribution in [-0.4, -0.2) is 85.2 Å². The molecule has 0 aliphatic carbocycles. The molecule has 1 aliphatic heterocycles. The number of nitrogens with one attached hydrogen (secondary N) is 1. The third-order valence-corrected chi connectivity index (χ3v) is 10.3. The molecule has 1 saturated heterocycles. The fourth-order valence-corrected chi connectivity index (χ4v) is 6.97. The normalized spacial score (nSPS) is 15.0. The van der Waals surface area contributed by atoms with Crippen molar-refractivity contribution in [2.24, 2.45) is 0 Å². The van der Waals surface area contributed by atoms with Gasteiger partial charge in [0.15, 0.2) is 0 Å². The fourth-order valence-electron chi connectivity index (χ4n) is 5.07. The Morgan fingerprint density at radius 2 is 1.78 bits per heavy atom. The molecule has 1 aliphatic rings. The highest BCUT2D eigenvalue weighted by atomic mass is 32.2. The minimum atomic E-state index is -4.02. The Morgan fingerprint density at radius 1 is 1.00 bits per heavy atom. The zero-order valence-electron chi connectivity index (χ0n) is 24.1. The first-order chi connectivity index (χ1) is 21.9. The Labute approximate surface area is 261 Å². The number of anilines is 1. The van der Waals surface area contributed by atoms with Crippen LogP contribution in [0.25, 0.3) is 22.3 Å². The second-order valence-corrected chi connectivity index (χ2v) is 14.4. The highest BCUT2D eigenvalue weighted by Gasteiger charge is 2.26. The molecule has 19 heteroatoms. The number of halogens is 2. The molecular formula is C27H26F2N10O5S2. The van der Waals surface area contributed by atoms with Crippen LogP contribution in [0.4, 0.5) is 14.7 Å². The van der Waals surface area contributed by atoms with Gasteiger partial charge in [0.2, 0.25) is 16.0 Å². The lowest BCUT2D eigenvalue weighted by atomic mass is 10.1. The van der Waals surface area contributed by atoms with Gasteiger partial charge in [-0.15, -0.1) is 9.19 Å². The molecule has 1 N–H and O–H groups in total.